The van der Waals surface area contributed by atoms with Gasteiger partial charge in [-0.25, -0.2) is 19.6 Å². The van der Waals surface area contributed by atoms with Crippen molar-refractivity contribution in [2.45, 2.75) is 18.5 Å². The van der Waals surface area contributed by atoms with Crippen LogP contribution >= 0.6 is 23.2 Å². The van der Waals surface area contributed by atoms with Gasteiger partial charge < -0.3 is 4.74 Å². The molecule has 7 nitrogen and oxygen atoms in total. The second kappa shape index (κ2) is 8.70. The third-order valence-electron chi connectivity index (χ3n) is 5.27. The van der Waals surface area contributed by atoms with Gasteiger partial charge >= 0.3 is 12.4 Å². The Hall–Kier alpha value is -3.71. The zero-order chi connectivity index (χ0) is 26.7. The average Bonchev–Trinajstić information content (AvgIpc) is 3.29. The molecule has 0 fully saturated rings. The van der Waals surface area contributed by atoms with Crippen LogP contribution in [0.25, 0.3) is 16.7 Å². The number of alkyl halides is 6. The van der Waals surface area contributed by atoms with Crippen molar-refractivity contribution in [1.29, 1.82) is 0 Å². The summed E-state index contributed by atoms with van der Waals surface area (Å²) in [6, 6.07) is 6.41. The van der Waals surface area contributed by atoms with E-state index in [0.717, 1.165) is 22.9 Å². The molecule has 0 saturated heterocycles. The number of aliphatic imine (C=N–C) groups is 1. The highest BCUT2D eigenvalue weighted by molar-refractivity contribution is 6.38. The minimum atomic E-state index is -4.87. The molecule has 0 aliphatic carbocycles. The summed E-state index contributed by atoms with van der Waals surface area (Å²) >= 11 is 12.5. The molecule has 37 heavy (non-hydrogen) atoms. The number of fused-ring (bicyclic) bond motifs is 2. The predicted octanol–water partition coefficient (Wildman–Crippen LogP) is 6.51. The molecule has 4 aromatic rings. The Bertz CT molecular complexity index is 1600. The van der Waals surface area contributed by atoms with E-state index in [2.05, 4.69) is 20.1 Å². The van der Waals surface area contributed by atoms with E-state index in [4.69, 9.17) is 27.9 Å². The predicted molar refractivity (Wildman–Crippen MR) is 119 cm³/mol. The molecule has 1 aliphatic heterocycles. The Morgan fingerprint density at radius 1 is 1.00 bits per heavy atom. The summed E-state index contributed by atoms with van der Waals surface area (Å²) < 4.78 is 86.3. The summed E-state index contributed by atoms with van der Waals surface area (Å²) in [5, 5.41) is 3.39. The monoisotopic (exact) mass is 559 g/mol. The second-order valence-corrected chi connectivity index (χ2v) is 8.40. The molecule has 5 rings (SSSR count). The van der Waals surface area contributed by atoms with E-state index in [1.165, 1.54) is 18.3 Å². The highest BCUT2D eigenvalue weighted by atomic mass is 35.5. The van der Waals surface area contributed by atoms with Crippen molar-refractivity contribution in [2.24, 2.45) is 4.99 Å². The van der Waals surface area contributed by atoms with Crippen molar-refractivity contribution in [3.05, 3.63) is 75.3 Å². The Labute approximate surface area is 212 Å². The number of hydrogen-bond donors (Lipinski definition) is 0. The van der Waals surface area contributed by atoms with Crippen LogP contribution in [0.2, 0.25) is 10.0 Å². The zero-order valence-corrected chi connectivity index (χ0v) is 19.3. The highest BCUT2D eigenvalue weighted by Crippen LogP contribution is 2.44. The van der Waals surface area contributed by atoms with Crippen molar-refractivity contribution >= 4 is 52.0 Å². The quantitative estimate of drug-likeness (QED) is 0.211. The number of ether oxygens (including phenoxy) is 1. The van der Waals surface area contributed by atoms with E-state index >= 15 is 0 Å². The summed E-state index contributed by atoms with van der Waals surface area (Å²) in [6.07, 6.45) is -9.52. The second-order valence-electron chi connectivity index (χ2n) is 7.61. The lowest BCUT2D eigenvalue weighted by atomic mass is 10.0. The fourth-order valence-electron chi connectivity index (χ4n) is 3.63. The highest BCUT2D eigenvalue weighted by Gasteiger charge is 2.38. The van der Waals surface area contributed by atoms with Crippen LogP contribution in [0.15, 0.2) is 47.6 Å². The zero-order valence-electron chi connectivity index (χ0n) is 17.8. The lowest BCUT2D eigenvalue weighted by Gasteiger charge is -2.24. The van der Waals surface area contributed by atoms with Gasteiger partial charge in [0.2, 0.25) is 5.90 Å². The molecule has 3 aromatic heterocycles. The van der Waals surface area contributed by atoms with Crippen LogP contribution in [0.5, 0.6) is 0 Å². The number of pyridine rings is 2. The van der Waals surface area contributed by atoms with E-state index < -0.39 is 35.7 Å². The molecule has 1 aromatic carbocycles. The van der Waals surface area contributed by atoms with Crippen LogP contribution < -0.4 is 0 Å². The van der Waals surface area contributed by atoms with Gasteiger partial charge in [-0.1, -0.05) is 23.2 Å². The van der Waals surface area contributed by atoms with Crippen LogP contribution in [0.4, 0.5) is 32.0 Å². The Kier molecular flexibility index (Phi) is 5.87. The van der Waals surface area contributed by atoms with Crippen LogP contribution in [-0.2, 0) is 21.9 Å². The maximum Gasteiger partial charge on any atom is 0.435 e. The average molecular weight is 560 g/mol. The smallest absolute Gasteiger partial charge is 0.435 e. The van der Waals surface area contributed by atoms with Crippen LogP contribution in [-0.4, -0.2) is 31.9 Å². The van der Waals surface area contributed by atoms with E-state index in [1.54, 1.807) is 0 Å². The lowest BCUT2D eigenvalue weighted by Crippen LogP contribution is -2.21. The Morgan fingerprint density at radius 3 is 2.38 bits per heavy atom. The summed E-state index contributed by atoms with van der Waals surface area (Å²) in [5.41, 5.74) is -3.17. The summed E-state index contributed by atoms with van der Waals surface area (Å²) in [4.78, 5) is 23.6. The van der Waals surface area contributed by atoms with Gasteiger partial charge in [0.15, 0.2) is 23.9 Å². The lowest BCUT2D eigenvalue weighted by molar-refractivity contribution is -0.142. The van der Waals surface area contributed by atoms with Gasteiger partial charge in [-0.3, -0.25) is 4.79 Å². The van der Waals surface area contributed by atoms with Crippen LogP contribution in [0.1, 0.15) is 28.7 Å². The van der Waals surface area contributed by atoms with Crippen molar-refractivity contribution in [3.63, 3.8) is 0 Å². The molecule has 0 saturated carbocycles. The molecule has 0 amide bonds. The number of halogens is 8. The SMILES string of the molecule is O=CC1OC(c2cc(C(F)(F)F)nn2-c2ncccc2Cl)=Nc2c1cc1nc(C(F)(F)F)ccc1c2Cl. The normalized spacial score (nSPS) is 15.8. The molecule has 0 N–H and O–H groups in total. The van der Waals surface area contributed by atoms with Gasteiger partial charge in [-0.05, 0) is 30.3 Å². The third kappa shape index (κ3) is 4.37. The number of aromatic nitrogens is 4. The van der Waals surface area contributed by atoms with E-state index in [9.17, 15) is 31.1 Å². The molecule has 4 heterocycles. The van der Waals surface area contributed by atoms with E-state index in [-0.39, 0.29) is 43.7 Å². The summed E-state index contributed by atoms with van der Waals surface area (Å²) in [7, 11) is 0. The van der Waals surface area contributed by atoms with Gasteiger partial charge in [0.25, 0.3) is 0 Å². The number of benzene rings is 1. The Morgan fingerprint density at radius 2 is 1.73 bits per heavy atom. The molecule has 0 bridgehead atoms. The molecule has 190 valence electrons. The van der Waals surface area contributed by atoms with Gasteiger partial charge in [0, 0.05) is 23.2 Å². The molecule has 15 heteroatoms. The van der Waals surface area contributed by atoms with Crippen molar-refractivity contribution in [3.8, 4) is 5.82 Å². The third-order valence-corrected chi connectivity index (χ3v) is 5.94. The maximum atomic E-state index is 13.5. The fraction of sp³-hybridized carbons (Fsp3) is 0.136. The molecular formula is C22H9Cl2F6N5O2. The van der Waals surface area contributed by atoms with Gasteiger partial charge in [-0.2, -0.15) is 31.4 Å². The molecule has 0 radical (unpaired) electrons. The minimum absolute atomic E-state index is 0.0268. The van der Waals surface area contributed by atoms with Gasteiger partial charge in [-0.15, -0.1) is 0 Å². The van der Waals surface area contributed by atoms with E-state index in [1.807, 2.05) is 0 Å². The van der Waals surface area contributed by atoms with Gasteiger partial charge in [0.05, 0.1) is 21.2 Å². The summed E-state index contributed by atoms with van der Waals surface area (Å²) in [6.45, 7) is 0. The number of rotatable bonds is 3. The molecule has 1 aliphatic rings. The standard InChI is InChI=1S/C22H9Cl2F6N5O2/c23-11-2-1-5-31-19(11)35-13(7-16(34-35)22(28,29)30)20-33-18-10(14(8-36)37-20)6-12-9(17(18)24)3-4-15(32-12)21(25,26)27/h1-8,14H. The number of nitrogens with zero attached hydrogens (tertiary/aromatic N) is 5. The Balaban J connectivity index is 1.74. The topological polar surface area (TPSA) is 82.3 Å². The maximum absolute atomic E-state index is 13.5. The number of aldehydes is 1. The fourth-order valence-corrected chi connectivity index (χ4v) is 4.14. The first-order valence-electron chi connectivity index (χ1n) is 10.1. The molecule has 0 spiro atoms. The van der Waals surface area contributed by atoms with Crippen molar-refractivity contribution in [1.82, 2.24) is 19.7 Å². The number of carbonyl (C=O) groups excluding carboxylic acids is 1. The first kappa shape index (κ1) is 25.0. The first-order chi connectivity index (χ1) is 17.4. The number of carbonyl (C=O) groups is 1. The molecule has 1 unspecified atom stereocenters. The molecular weight excluding hydrogens is 551 g/mol. The molecule has 1 atom stereocenters. The number of hydrogen-bond acceptors (Lipinski definition) is 6. The van der Waals surface area contributed by atoms with Crippen molar-refractivity contribution in [2.75, 3.05) is 0 Å². The minimum Gasteiger partial charge on any atom is -0.460 e. The van der Waals surface area contributed by atoms with E-state index in [0.29, 0.717) is 12.4 Å². The van der Waals surface area contributed by atoms with Crippen LogP contribution in [0.3, 0.4) is 0 Å². The van der Waals surface area contributed by atoms with Gasteiger partial charge in [0.1, 0.15) is 11.4 Å². The van der Waals surface area contributed by atoms with Crippen molar-refractivity contribution < 1.29 is 35.9 Å². The largest absolute Gasteiger partial charge is 0.460 e. The first-order valence-corrected chi connectivity index (χ1v) is 10.8. The summed E-state index contributed by atoms with van der Waals surface area (Å²) in [5.74, 6) is -0.654. The van der Waals surface area contributed by atoms with Crippen LogP contribution in [0, 0.1) is 0 Å².